The highest BCUT2D eigenvalue weighted by atomic mass is 16.5. The van der Waals surface area contributed by atoms with E-state index in [4.69, 9.17) is 14.7 Å². The molecule has 0 unspecified atom stereocenters. The van der Waals surface area contributed by atoms with Crippen LogP contribution in [0.25, 0.3) is 0 Å². The van der Waals surface area contributed by atoms with Gasteiger partial charge in [-0.2, -0.15) is 5.26 Å². The van der Waals surface area contributed by atoms with Gasteiger partial charge in [-0.1, -0.05) is 0 Å². The average molecular weight is 367 g/mol. The quantitative estimate of drug-likeness (QED) is 0.841. The number of anilines is 1. The van der Waals surface area contributed by atoms with Gasteiger partial charge in [-0.15, -0.1) is 0 Å². The van der Waals surface area contributed by atoms with Gasteiger partial charge < -0.3 is 20.1 Å². The van der Waals surface area contributed by atoms with E-state index in [0.29, 0.717) is 5.69 Å². The van der Waals surface area contributed by atoms with Gasteiger partial charge in [0.05, 0.1) is 7.11 Å². The summed E-state index contributed by atoms with van der Waals surface area (Å²) in [6, 6.07) is 8.99. The molecule has 140 valence electrons. The molecule has 1 fully saturated rings. The van der Waals surface area contributed by atoms with E-state index in [1.807, 2.05) is 6.07 Å². The molecule has 0 aliphatic heterocycles. The van der Waals surface area contributed by atoms with Gasteiger partial charge in [0.2, 0.25) is 5.69 Å². The number of nitrogens with zero attached hydrogens (tertiary/aromatic N) is 3. The Bertz CT molecular complexity index is 811. The lowest BCUT2D eigenvalue weighted by Crippen LogP contribution is -2.41. The van der Waals surface area contributed by atoms with E-state index in [1.165, 1.54) is 12.4 Å². The van der Waals surface area contributed by atoms with Crippen molar-refractivity contribution in [1.29, 1.82) is 5.26 Å². The Kier molecular flexibility index (Phi) is 6.05. The molecule has 2 amide bonds. The lowest BCUT2D eigenvalue weighted by atomic mass is 9.93. The maximum atomic E-state index is 12.2. The molecule has 8 nitrogen and oxygen atoms in total. The molecule has 0 saturated heterocycles. The van der Waals surface area contributed by atoms with E-state index in [0.717, 1.165) is 31.4 Å². The number of carbonyl (C=O) groups is 1. The number of hydrogen-bond donors (Lipinski definition) is 2. The first-order valence-electron chi connectivity index (χ1n) is 8.77. The van der Waals surface area contributed by atoms with Crippen molar-refractivity contribution in [2.75, 3.05) is 12.4 Å². The van der Waals surface area contributed by atoms with Crippen LogP contribution in [-0.4, -0.2) is 35.3 Å². The molecule has 27 heavy (non-hydrogen) atoms. The fraction of sp³-hybridized carbons (Fsp3) is 0.368. The third-order valence-electron chi connectivity index (χ3n) is 4.41. The van der Waals surface area contributed by atoms with Gasteiger partial charge in [0.1, 0.15) is 17.9 Å². The molecule has 2 N–H and O–H groups in total. The molecule has 0 bridgehead atoms. The summed E-state index contributed by atoms with van der Waals surface area (Å²) >= 11 is 0. The summed E-state index contributed by atoms with van der Waals surface area (Å²) in [7, 11) is 1.60. The van der Waals surface area contributed by atoms with Crippen LogP contribution >= 0.6 is 0 Å². The standard InChI is InChI=1S/C19H21N5O3/c1-26-15-6-2-13(3-7-15)23-19(25)24-14-4-8-16(9-5-14)27-18-17(12-20)21-10-11-22-18/h2-3,6-7,10-11,14,16H,4-5,8-9H2,1H3,(H2,23,24,25). The molecule has 1 aliphatic carbocycles. The molecule has 1 aliphatic rings. The first-order valence-corrected chi connectivity index (χ1v) is 8.77. The van der Waals surface area contributed by atoms with Gasteiger partial charge in [-0.25, -0.2) is 14.8 Å². The minimum atomic E-state index is -0.231. The van der Waals surface area contributed by atoms with E-state index in [2.05, 4.69) is 20.6 Å². The highest BCUT2D eigenvalue weighted by Gasteiger charge is 2.24. The zero-order valence-corrected chi connectivity index (χ0v) is 15.0. The minimum Gasteiger partial charge on any atom is -0.497 e. The highest BCUT2D eigenvalue weighted by molar-refractivity contribution is 5.89. The van der Waals surface area contributed by atoms with Crippen LogP contribution in [0.15, 0.2) is 36.7 Å². The third-order valence-corrected chi connectivity index (χ3v) is 4.41. The number of methoxy groups -OCH3 is 1. The molecule has 1 heterocycles. The summed E-state index contributed by atoms with van der Waals surface area (Å²) in [5.41, 5.74) is 0.897. The van der Waals surface area contributed by atoms with Crippen LogP contribution in [0, 0.1) is 11.3 Å². The maximum Gasteiger partial charge on any atom is 0.319 e. The van der Waals surface area contributed by atoms with Crippen LogP contribution in [-0.2, 0) is 0 Å². The molecular weight excluding hydrogens is 346 g/mol. The average Bonchev–Trinajstić information content (AvgIpc) is 2.70. The maximum absolute atomic E-state index is 12.2. The molecule has 1 aromatic heterocycles. The molecule has 8 heteroatoms. The summed E-state index contributed by atoms with van der Waals surface area (Å²) in [6.07, 6.45) is 6.08. The van der Waals surface area contributed by atoms with Crippen molar-refractivity contribution >= 4 is 11.7 Å². The number of benzene rings is 1. The molecule has 0 atom stereocenters. The smallest absolute Gasteiger partial charge is 0.319 e. The fourth-order valence-electron chi connectivity index (χ4n) is 3.00. The molecule has 0 radical (unpaired) electrons. The first kappa shape index (κ1) is 18.5. The van der Waals surface area contributed by atoms with Gasteiger partial charge in [-0.05, 0) is 49.9 Å². The summed E-state index contributed by atoms with van der Waals surface area (Å²) in [5.74, 6) is 1.01. The lowest BCUT2D eigenvalue weighted by molar-refractivity contribution is 0.134. The molecule has 0 spiro atoms. The van der Waals surface area contributed by atoms with Crippen molar-refractivity contribution in [3.05, 3.63) is 42.4 Å². The van der Waals surface area contributed by atoms with Crippen molar-refractivity contribution in [2.24, 2.45) is 0 Å². The normalized spacial score (nSPS) is 18.8. The van der Waals surface area contributed by atoms with Gasteiger partial charge in [0, 0.05) is 24.1 Å². The number of rotatable bonds is 5. The number of nitrogens with one attached hydrogen (secondary N) is 2. The van der Waals surface area contributed by atoms with Crippen molar-refractivity contribution < 1.29 is 14.3 Å². The Morgan fingerprint density at radius 1 is 1.15 bits per heavy atom. The number of aromatic nitrogens is 2. The van der Waals surface area contributed by atoms with Crippen LogP contribution in [0.2, 0.25) is 0 Å². The zero-order chi connectivity index (χ0) is 19.1. The molecule has 1 aromatic carbocycles. The van der Waals surface area contributed by atoms with Gasteiger partial charge in [0.15, 0.2) is 0 Å². The Balaban J connectivity index is 1.45. The summed E-state index contributed by atoms with van der Waals surface area (Å²) in [6.45, 7) is 0. The number of amides is 2. The number of ether oxygens (including phenoxy) is 2. The fourth-order valence-corrected chi connectivity index (χ4v) is 3.00. The monoisotopic (exact) mass is 367 g/mol. The molecule has 2 aromatic rings. The first-order chi connectivity index (χ1) is 13.2. The van der Waals surface area contributed by atoms with Gasteiger partial charge in [0.25, 0.3) is 5.88 Å². The molecule has 1 saturated carbocycles. The SMILES string of the molecule is COc1ccc(NC(=O)NC2CCC(Oc3nccnc3C#N)CC2)cc1. The second-order valence-electron chi connectivity index (χ2n) is 6.24. The zero-order valence-electron chi connectivity index (χ0n) is 15.0. The summed E-state index contributed by atoms with van der Waals surface area (Å²) < 4.78 is 10.9. The van der Waals surface area contributed by atoms with E-state index in [9.17, 15) is 4.79 Å². The van der Waals surface area contributed by atoms with Crippen molar-refractivity contribution in [3.8, 4) is 17.7 Å². The summed E-state index contributed by atoms with van der Waals surface area (Å²) in [5, 5.41) is 14.8. The lowest BCUT2D eigenvalue weighted by Gasteiger charge is -2.29. The predicted octanol–water partition coefficient (Wildman–Crippen LogP) is 2.87. The van der Waals surface area contributed by atoms with Gasteiger partial charge in [-0.3, -0.25) is 0 Å². The number of hydrogen-bond acceptors (Lipinski definition) is 6. The second-order valence-corrected chi connectivity index (χ2v) is 6.24. The Labute approximate surface area is 157 Å². The minimum absolute atomic E-state index is 0.0310. The van der Waals surface area contributed by atoms with Crippen LogP contribution in [0.3, 0.4) is 0 Å². The number of nitriles is 1. The van der Waals surface area contributed by atoms with E-state index >= 15 is 0 Å². The van der Waals surface area contributed by atoms with Crippen LogP contribution in [0.1, 0.15) is 31.4 Å². The summed E-state index contributed by atoms with van der Waals surface area (Å²) in [4.78, 5) is 20.2. The van der Waals surface area contributed by atoms with Crippen LogP contribution in [0.4, 0.5) is 10.5 Å². The highest BCUT2D eigenvalue weighted by Crippen LogP contribution is 2.24. The van der Waals surface area contributed by atoms with Crippen LogP contribution < -0.4 is 20.1 Å². The third kappa shape index (κ3) is 5.07. The van der Waals surface area contributed by atoms with E-state index in [1.54, 1.807) is 31.4 Å². The predicted molar refractivity (Wildman–Crippen MR) is 98.6 cm³/mol. The van der Waals surface area contributed by atoms with Gasteiger partial charge >= 0.3 is 6.03 Å². The number of carbonyl (C=O) groups excluding carboxylic acids is 1. The topological polar surface area (TPSA) is 109 Å². The van der Waals surface area contributed by atoms with E-state index in [-0.39, 0.29) is 29.8 Å². The van der Waals surface area contributed by atoms with Crippen molar-refractivity contribution in [1.82, 2.24) is 15.3 Å². The molecule has 3 rings (SSSR count). The second kappa shape index (κ2) is 8.85. The largest absolute Gasteiger partial charge is 0.497 e. The van der Waals surface area contributed by atoms with Crippen molar-refractivity contribution in [2.45, 2.75) is 37.8 Å². The number of urea groups is 1. The van der Waals surface area contributed by atoms with Crippen molar-refractivity contribution in [3.63, 3.8) is 0 Å². The Hall–Kier alpha value is -3.34. The molecular formula is C19H21N5O3. The van der Waals surface area contributed by atoms with Crippen LogP contribution in [0.5, 0.6) is 11.6 Å². The Morgan fingerprint density at radius 3 is 2.52 bits per heavy atom. The van der Waals surface area contributed by atoms with E-state index < -0.39 is 0 Å². The Morgan fingerprint density at radius 2 is 1.85 bits per heavy atom.